The summed E-state index contributed by atoms with van der Waals surface area (Å²) in [6.45, 7) is 2.19. The zero-order valence-electron chi connectivity index (χ0n) is 12.6. The Balaban J connectivity index is 2.14. The number of ether oxygens (including phenoxy) is 1. The van der Waals surface area contributed by atoms with Crippen LogP contribution in [-0.2, 0) is 16.0 Å². The smallest absolute Gasteiger partial charge is 0.331 e. The second-order valence-electron chi connectivity index (χ2n) is 4.91. The summed E-state index contributed by atoms with van der Waals surface area (Å²) < 4.78 is 5.03. The van der Waals surface area contributed by atoms with Gasteiger partial charge >= 0.3 is 5.97 Å². The molecule has 0 aliphatic carbocycles. The molecule has 0 fully saturated rings. The molecule has 2 aromatic carbocycles. The van der Waals surface area contributed by atoms with Crippen LogP contribution in [0.5, 0.6) is 0 Å². The van der Waals surface area contributed by atoms with Gasteiger partial charge in [-0.15, -0.1) is 0 Å². The van der Waals surface area contributed by atoms with Crippen LogP contribution in [0.1, 0.15) is 24.5 Å². The fourth-order valence-corrected chi connectivity index (χ4v) is 2.33. The number of hydrogen-bond acceptors (Lipinski definition) is 2. The number of allylic oxidation sites excluding steroid dienone is 1. The van der Waals surface area contributed by atoms with Crippen LogP contribution >= 0.6 is 11.6 Å². The highest BCUT2D eigenvalue weighted by molar-refractivity contribution is 6.30. The summed E-state index contributed by atoms with van der Waals surface area (Å²) in [5.74, 6) is -0.294. The molecule has 3 heteroatoms. The molecule has 2 aromatic rings. The van der Waals surface area contributed by atoms with Crippen molar-refractivity contribution in [1.82, 2.24) is 0 Å². The molecule has 0 aliphatic rings. The maximum absolute atomic E-state index is 11.8. The van der Waals surface area contributed by atoms with Gasteiger partial charge in [-0.25, -0.2) is 4.79 Å². The number of rotatable bonds is 6. The average Bonchev–Trinajstić information content (AvgIpc) is 2.54. The molecule has 0 amide bonds. The van der Waals surface area contributed by atoms with Gasteiger partial charge in [0.15, 0.2) is 0 Å². The van der Waals surface area contributed by atoms with E-state index in [1.807, 2.05) is 61.5 Å². The third-order valence-electron chi connectivity index (χ3n) is 3.32. The standard InChI is InChI=1S/C19H19ClO2/c1-2-22-19(21)14-17(16-6-4-3-5-7-16)11-8-15-9-12-18(20)13-10-15/h3-7,9-10,12-14H,2,8,11H2,1H3/b17-14-. The molecule has 0 bridgehead atoms. The minimum absolute atomic E-state index is 0.294. The summed E-state index contributed by atoms with van der Waals surface area (Å²) in [6, 6.07) is 17.7. The summed E-state index contributed by atoms with van der Waals surface area (Å²) in [7, 11) is 0. The highest BCUT2D eigenvalue weighted by Crippen LogP contribution is 2.21. The minimum Gasteiger partial charge on any atom is -0.463 e. The molecule has 114 valence electrons. The lowest BCUT2D eigenvalue weighted by atomic mass is 9.98. The lowest BCUT2D eigenvalue weighted by molar-refractivity contribution is -0.137. The van der Waals surface area contributed by atoms with Gasteiger partial charge in [-0.3, -0.25) is 0 Å². The van der Waals surface area contributed by atoms with Crippen molar-refractivity contribution < 1.29 is 9.53 Å². The van der Waals surface area contributed by atoms with E-state index in [9.17, 15) is 4.79 Å². The van der Waals surface area contributed by atoms with Crippen molar-refractivity contribution in [2.45, 2.75) is 19.8 Å². The summed E-state index contributed by atoms with van der Waals surface area (Å²) in [5, 5.41) is 0.731. The summed E-state index contributed by atoms with van der Waals surface area (Å²) in [5.41, 5.74) is 3.22. The van der Waals surface area contributed by atoms with E-state index in [1.165, 1.54) is 5.56 Å². The van der Waals surface area contributed by atoms with Crippen LogP contribution in [0.4, 0.5) is 0 Å². The fraction of sp³-hybridized carbons (Fsp3) is 0.211. The third kappa shape index (κ3) is 5.05. The van der Waals surface area contributed by atoms with Crippen molar-refractivity contribution >= 4 is 23.1 Å². The maximum atomic E-state index is 11.8. The Morgan fingerprint density at radius 2 is 1.77 bits per heavy atom. The number of hydrogen-bond donors (Lipinski definition) is 0. The first-order chi connectivity index (χ1) is 10.7. The topological polar surface area (TPSA) is 26.3 Å². The van der Waals surface area contributed by atoms with E-state index in [0.29, 0.717) is 6.61 Å². The van der Waals surface area contributed by atoms with Crippen LogP contribution in [0.2, 0.25) is 5.02 Å². The number of halogens is 1. The van der Waals surface area contributed by atoms with Crippen LogP contribution in [0.25, 0.3) is 5.57 Å². The van der Waals surface area contributed by atoms with Gasteiger partial charge < -0.3 is 4.74 Å². The predicted octanol–water partition coefficient (Wildman–Crippen LogP) is 4.92. The van der Waals surface area contributed by atoms with Crippen molar-refractivity contribution in [3.05, 3.63) is 76.8 Å². The summed E-state index contributed by atoms with van der Waals surface area (Å²) in [4.78, 5) is 11.8. The first-order valence-electron chi connectivity index (χ1n) is 7.36. The average molecular weight is 315 g/mol. The van der Waals surface area contributed by atoms with E-state index >= 15 is 0 Å². The molecule has 0 saturated heterocycles. The Morgan fingerprint density at radius 3 is 2.41 bits per heavy atom. The third-order valence-corrected chi connectivity index (χ3v) is 3.57. The molecule has 0 radical (unpaired) electrons. The molecule has 0 unspecified atom stereocenters. The van der Waals surface area contributed by atoms with Crippen molar-refractivity contribution in [1.29, 1.82) is 0 Å². The molecule has 0 atom stereocenters. The normalized spacial score (nSPS) is 11.3. The Labute approximate surface area is 136 Å². The molecule has 0 aliphatic heterocycles. The second-order valence-corrected chi connectivity index (χ2v) is 5.35. The molecular weight excluding hydrogens is 296 g/mol. The van der Waals surface area contributed by atoms with E-state index in [2.05, 4.69) is 0 Å². The molecule has 0 saturated carbocycles. The number of carbonyl (C=O) groups excluding carboxylic acids is 1. The van der Waals surface area contributed by atoms with E-state index in [-0.39, 0.29) is 5.97 Å². The zero-order chi connectivity index (χ0) is 15.8. The minimum atomic E-state index is -0.294. The van der Waals surface area contributed by atoms with Gasteiger partial charge in [-0.05, 0) is 48.6 Å². The first-order valence-corrected chi connectivity index (χ1v) is 7.74. The van der Waals surface area contributed by atoms with Gasteiger partial charge in [-0.1, -0.05) is 54.1 Å². The van der Waals surface area contributed by atoms with Gasteiger partial charge in [0.2, 0.25) is 0 Å². The number of carbonyl (C=O) groups is 1. The lowest BCUT2D eigenvalue weighted by Crippen LogP contribution is -2.01. The zero-order valence-corrected chi connectivity index (χ0v) is 13.3. The van der Waals surface area contributed by atoms with Crippen LogP contribution in [0.3, 0.4) is 0 Å². The summed E-state index contributed by atoms with van der Waals surface area (Å²) >= 11 is 5.90. The molecule has 0 aromatic heterocycles. The monoisotopic (exact) mass is 314 g/mol. The SMILES string of the molecule is CCOC(=O)/C=C(/CCc1ccc(Cl)cc1)c1ccccc1. The van der Waals surface area contributed by atoms with Gasteiger partial charge in [0, 0.05) is 11.1 Å². The van der Waals surface area contributed by atoms with Gasteiger partial charge in [-0.2, -0.15) is 0 Å². The van der Waals surface area contributed by atoms with Crippen molar-refractivity contribution in [2.75, 3.05) is 6.61 Å². The Hall–Kier alpha value is -2.06. The fourth-order valence-electron chi connectivity index (χ4n) is 2.21. The Bertz CT molecular complexity index is 630. The molecule has 2 rings (SSSR count). The van der Waals surface area contributed by atoms with Gasteiger partial charge in [0.25, 0.3) is 0 Å². The molecular formula is C19H19ClO2. The first kappa shape index (κ1) is 16.3. The van der Waals surface area contributed by atoms with Crippen LogP contribution in [-0.4, -0.2) is 12.6 Å². The highest BCUT2D eigenvalue weighted by atomic mass is 35.5. The Kier molecular flexibility index (Phi) is 6.23. The molecule has 2 nitrogen and oxygen atoms in total. The number of benzene rings is 2. The highest BCUT2D eigenvalue weighted by Gasteiger charge is 2.06. The second kappa shape index (κ2) is 8.40. The number of esters is 1. The largest absolute Gasteiger partial charge is 0.463 e. The van der Waals surface area contributed by atoms with E-state index in [1.54, 1.807) is 6.08 Å². The van der Waals surface area contributed by atoms with Gasteiger partial charge in [0.1, 0.15) is 0 Å². The maximum Gasteiger partial charge on any atom is 0.331 e. The van der Waals surface area contributed by atoms with Crippen molar-refractivity contribution in [2.24, 2.45) is 0 Å². The molecule has 22 heavy (non-hydrogen) atoms. The van der Waals surface area contributed by atoms with Crippen molar-refractivity contribution in [3.63, 3.8) is 0 Å². The van der Waals surface area contributed by atoms with Crippen molar-refractivity contribution in [3.8, 4) is 0 Å². The van der Waals surface area contributed by atoms with E-state index in [4.69, 9.17) is 16.3 Å². The van der Waals surface area contributed by atoms with E-state index in [0.717, 1.165) is 29.0 Å². The van der Waals surface area contributed by atoms with Crippen LogP contribution in [0, 0.1) is 0 Å². The Morgan fingerprint density at radius 1 is 1.09 bits per heavy atom. The van der Waals surface area contributed by atoms with Gasteiger partial charge in [0.05, 0.1) is 6.61 Å². The van der Waals surface area contributed by atoms with E-state index < -0.39 is 0 Å². The summed E-state index contributed by atoms with van der Waals surface area (Å²) in [6.07, 6.45) is 3.20. The van der Waals surface area contributed by atoms with Crippen LogP contribution in [0.15, 0.2) is 60.7 Å². The molecule has 0 N–H and O–H groups in total. The molecule has 0 heterocycles. The molecule has 0 spiro atoms. The van der Waals surface area contributed by atoms with Crippen LogP contribution < -0.4 is 0 Å². The quantitative estimate of drug-likeness (QED) is 0.559. The lowest BCUT2D eigenvalue weighted by Gasteiger charge is -2.08. The number of aryl methyl sites for hydroxylation is 1. The predicted molar refractivity (Wildman–Crippen MR) is 90.8 cm³/mol.